The molecule has 5 nitrogen and oxygen atoms in total. The summed E-state index contributed by atoms with van der Waals surface area (Å²) in [6.45, 7) is 2.10. The maximum Gasteiger partial charge on any atom is 0.340 e. The van der Waals surface area contributed by atoms with Crippen molar-refractivity contribution in [2.75, 3.05) is 23.8 Å². The number of benzene rings is 2. The van der Waals surface area contributed by atoms with Gasteiger partial charge in [0.05, 0.1) is 18.7 Å². The van der Waals surface area contributed by atoms with Gasteiger partial charge < -0.3 is 15.4 Å². The minimum atomic E-state index is -0.413. The highest BCUT2D eigenvalue weighted by molar-refractivity contribution is 9.10. The van der Waals surface area contributed by atoms with E-state index in [1.54, 1.807) is 43.3 Å². The summed E-state index contributed by atoms with van der Waals surface area (Å²) in [5.41, 5.74) is 1.68. The lowest BCUT2D eigenvalue weighted by Gasteiger charge is -2.11. The minimum Gasteiger partial charge on any atom is -0.462 e. The summed E-state index contributed by atoms with van der Waals surface area (Å²) in [4.78, 5) is 23.8. The predicted molar refractivity (Wildman–Crippen MR) is 93.7 cm³/mol. The second-order valence-corrected chi connectivity index (χ2v) is 5.59. The van der Waals surface area contributed by atoms with Gasteiger partial charge in [0.15, 0.2) is 0 Å². The summed E-state index contributed by atoms with van der Waals surface area (Å²) in [5.74, 6) is -0.616. The Labute approximate surface area is 143 Å². The smallest absolute Gasteiger partial charge is 0.340 e. The van der Waals surface area contributed by atoms with Crippen molar-refractivity contribution in [1.82, 2.24) is 0 Å². The van der Waals surface area contributed by atoms with Crippen molar-refractivity contribution < 1.29 is 14.3 Å². The average Bonchev–Trinajstić information content (AvgIpc) is 2.55. The van der Waals surface area contributed by atoms with Crippen LogP contribution in [0.15, 0.2) is 53.0 Å². The van der Waals surface area contributed by atoms with Crippen LogP contribution < -0.4 is 10.6 Å². The molecule has 0 aliphatic rings. The molecule has 0 aliphatic heterocycles. The standard InChI is InChI=1S/C17H17BrN2O3/c1-2-23-17(22)14-5-3-4-6-15(14)19-11-16(21)20-13-9-7-12(18)8-10-13/h3-10,19H,2,11H2,1H3,(H,20,21). The van der Waals surface area contributed by atoms with E-state index >= 15 is 0 Å². The van der Waals surface area contributed by atoms with Crippen LogP contribution in [-0.2, 0) is 9.53 Å². The molecule has 120 valence electrons. The van der Waals surface area contributed by atoms with Crippen LogP contribution in [0, 0.1) is 0 Å². The number of anilines is 2. The Morgan fingerprint density at radius 3 is 2.48 bits per heavy atom. The van der Waals surface area contributed by atoms with Crippen molar-refractivity contribution in [3.05, 3.63) is 58.6 Å². The molecular weight excluding hydrogens is 360 g/mol. The van der Waals surface area contributed by atoms with Crippen molar-refractivity contribution >= 4 is 39.2 Å². The van der Waals surface area contributed by atoms with Crippen molar-refractivity contribution in [3.8, 4) is 0 Å². The van der Waals surface area contributed by atoms with Crippen molar-refractivity contribution in [2.45, 2.75) is 6.92 Å². The van der Waals surface area contributed by atoms with Crippen molar-refractivity contribution in [3.63, 3.8) is 0 Å². The Morgan fingerprint density at radius 2 is 1.78 bits per heavy atom. The summed E-state index contributed by atoms with van der Waals surface area (Å²) in [5, 5.41) is 5.74. The largest absolute Gasteiger partial charge is 0.462 e. The molecule has 1 amide bonds. The molecule has 0 radical (unpaired) electrons. The van der Waals surface area contributed by atoms with E-state index < -0.39 is 5.97 Å². The number of hydrogen-bond acceptors (Lipinski definition) is 4. The van der Waals surface area contributed by atoms with Crippen LogP contribution in [-0.4, -0.2) is 25.0 Å². The van der Waals surface area contributed by atoms with Gasteiger partial charge in [-0.1, -0.05) is 28.1 Å². The molecule has 0 bridgehead atoms. The molecule has 0 saturated heterocycles. The van der Waals surface area contributed by atoms with Gasteiger partial charge in [-0.2, -0.15) is 0 Å². The Balaban J connectivity index is 1.96. The molecule has 0 aliphatic carbocycles. The summed E-state index contributed by atoms with van der Waals surface area (Å²) in [6.07, 6.45) is 0. The number of carbonyl (C=O) groups excluding carboxylic acids is 2. The van der Waals surface area contributed by atoms with Crippen LogP contribution in [0.3, 0.4) is 0 Å². The SMILES string of the molecule is CCOC(=O)c1ccccc1NCC(=O)Nc1ccc(Br)cc1. The Morgan fingerprint density at radius 1 is 1.09 bits per heavy atom. The first kappa shape index (κ1) is 17.0. The molecule has 2 rings (SSSR count). The lowest BCUT2D eigenvalue weighted by molar-refractivity contribution is -0.114. The van der Waals surface area contributed by atoms with Gasteiger partial charge in [0, 0.05) is 15.8 Å². The molecular formula is C17H17BrN2O3. The number of carbonyl (C=O) groups is 2. The topological polar surface area (TPSA) is 67.4 Å². The third-order valence-electron chi connectivity index (χ3n) is 2.99. The maximum absolute atomic E-state index is 12.0. The van der Waals surface area contributed by atoms with Gasteiger partial charge in [0.2, 0.25) is 5.91 Å². The summed E-state index contributed by atoms with van der Waals surface area (Å²) in [6, 6.07) is 14.2. The van der Waals surface area contributed by atoms with Gasteiger partial charge >= 0.3 is 5.97 Å². The predicted octanol–water partition coefficient (Wildman–Crippen LogP) is 3.68. The zero-order valence-corrected chi connectivity index (χ0v) is 14.2. The van der Waals surface area contributed by atoms with Crippen LogP contribution >= 0.6 is 15.9 Å². The number of para-hydroxylation sites is 1. The number of rotatable bonds is 6. The maximum atomic E-state index is 12.0. The molecule has 2 aromatic carbocycles. The van der Waals surface area contributed by atoms with E-state index in [0.29, 0.717) is 23.5 Å². The van der Waals surface area contributed by atoms with E-state index in [0.717, 1.165) is 4.47 Å². The molecule has 2 N–H and O–H groups in total. The molecule has 0 spiro atoms. The van der Waals surface area contributed by atoms with E-state index in [-0.39, 0.29) is 12.5 Å². The lowest BCUT2D eigenvalue weighted by atomic mass is 10.2. The first-order chi connectivity index (χ1) is 11.1. The zero-order chi connectivity index (χ0) is 16.7. The second kappa shape index (κ2) is 8.33. The molecule has 0 unspecified atom stereocenters. The van der Waals surface area contributed by atoms with Crippen LogP contribution in [0.2, 0.25) is 0 Å². The number of halogens is 1. The summed E-state index contributed by atoms with van der Waals surface area (Å²) >= 11 is 3.34. The van der Waals surface area contributed by atoms with Gasteiger partial charge in [-0.15, -0.1) is 0 Å². The molecule has 2 aromatic rings. The number of nitrogens with one attached hydrogen (secondary N) is 2. The molecule has 0 fully saturated rings. The molecule has 0 aromatic heterocycles. The van der Waals surface area contributed by atoms with Crippen LogP contribution in [0.25, 0.3) is 0 Å². The van der Waals surface area contributed by atoms with Crippen LogP contribution in [0.4, 0.5) is 11.4 Å². The zero-order valence-electron chi connectivity index (χ0n) is 12.6. The average molecular weight is 377 g/mol. The highest BCUT2D eigenvalue weighted by atomic mass is 79.9. The van der Waals surface area contributed by atoms with E-state index in [2.05, 4.69) is 26.6 Å². The first-order valence-electron chi connectivity index (χ1n) is 7.15. The fourth-order valence-electron chi connectivity index (χ4n) is 1.94. The summed E-state index contributed by atoms with van der Waals surface area (Å²) < 4.78 is 5.94. The van der Waals surface area contributed by atoms with E-state index in [1.165, 1.54) is 0 Å². The Bertz CT molecular complexity index is 686. The normalized spacial score (nSPS) is 10.0. The Hall–Kier alpha value is -2.34. The van der Waals surface area contributed by atoms with Gasteiger partial charge in [0.25, 0.3) is 0 Å². The lowest BCUT2D eigenvalue weighted by Crippen LogP contribution is -2.22. The number of ether oxygens (including phenoxy) is 1. The number of hydrogen-bond donors (Lipinski definition) is 2. The molecule has 23 heavy (non-hydrogen) atoms. The number of esters is 1. The van der Waals surface area contributed by atoms with E-state index in [1.807, 2.05) is 12.1 Å². The monoisotopic (exact) mass is 376 g/mol. The van der Waals surface area contributed by atoms with E-state index in [4.69, 9.17) is 4.74 Å². The quantitative estimate of drug-likeness (QED) is 0.754. The van der Waals surface area contributed by atoms with Gasteiger partial charge in [-0.25, -0.2) is 4.79 Å². The molecule has 0 saturated carbocycles. The fourth-order valence-corrected chi connectivity index (χ4v) is 2.20. The minimum absolute atomic E-state index is 0.0481. The first-order valence-corrected chi connectivity index (χ1v) is 7.95. The third-order valence-corrected chi connectivity index (χ3v) is 3.52. The summed E-state index contributed by atoms with van der Waals surface area (Å²) in [7, 11) is 0. The molecule has 6 heteroatoms. The highest BCUT2D eigenvalue weighted by Gasteiger charge is 2.12. The van der Waals surface area contributed by atoms with Crippen molar-refractivity contribution in [1.29, 1.82) is 0 Å². The van der Waals surface area contributed by atoms with Crippen LogP contribution in [0.5, 0.6) is 0 Å². The van der Waals surface area contributed by atoms with Crippen LogP contribution in [0.1, 0.15) is 17.3 Å². The van der Waals surface area contributed by atoms with E-state index in [9.17, 15) is 9.59 Å². The van der Waals surface area contributed by atoms with Gasteiger partial charge in [0.1, 0.15) is 0 Å². The highest BCUT2D eigenvalue weighted by Crippen LogP contribution is 2.17. The Kier molecular flexibility index (Phi) is 6.17. The number of amides is 1. The molecule has 0 atom stereocenters. The fraction of sp³-hybridized carbons (Fsp3) is 0.176. The third kappa shape index (κ3) is 5.10. The van der Waals surface area contributed by atoms with Crippen molar-refractivity contribution in [2.24, 2.45) is 0 Å². The van der Waals surface area contributed by atoms with Gasteiger partial charge in [-0.3, -0.25) is 4.79 Å². The van der Waals surface area contributed by atoms with Gasteiger partial charge in [-0.05, 0) is 43.3 Å². The molecule has 0 heterocycles. The second-order valence-electron chi connectivity index (χ2n) is 4.67.